The molecule has 0 radical (unpaired) electrons. The summed E-state index contributed by atoms with van der Waals surface area (Å²) in [5.41, 5.74) is 7.83. The minimum absolute atomic E-state index is 0.0506. The van der Waals surface area contributed by atoms with E-state index in [0.717, 1.165) is 29.5 Å². The summed E-state index contributed by atoms with van der Waals surface area (Å²) in [5.74, 6) is -0.838. The number of likely N-dealkylation sites (N-methyl/N-ethyl adjacent to an activating group) is 1. The van der Waals surface area contributed by atoms with E-state index in [9.17, 15) is 14.8 Å². The predicted molar refractivity (Wildman–Crippen MR) is 141 cm³/mol. The van der Waals surface area contributed by atoms with Crippen LogP contribution in [0.2, 0.25) is 0 Å². The molecule has 0 amide bonds. The third-order valence-corrected chi connectivity index (χ3v) is 8.75. The third-order valence-electron chi connectivity index (χ3n) is 7.72. The number of pyridine rings is 1. The zero-order valence-electron chi connectivity index (χ0n) is 20.8. The topological polar surface area (TPSA) is 124 Å². The van der Waals surface area contributed by atoms with Gasteiger partial charge in [-0.2, -0.15) is 5.26 Å². The van der Waals surface area contributed by atoms with Crippen molar-refractivity contribution in [2.45, 2.75) is 38.6 Å². The second-order valence-corrected chi connectivity index (χ2v) is 10.7. The average molecular weight is 538 g/mol. The van der Waals surface area contributed by atoms with Crippen LogP contribution in [0.5, 0.6) is 0 Å². The van der Waals surface area contributed by atoms with Gasteiger partial charge in [-0.05, 0) is 31.5 Å². The number of fused-ring (bicyclic) bond motifs is 4. The Balaban J connectivity index is 1.54. The van der Waals surface area contributed by atoms with Crippen molar-refractivity contribution in [2.24, 2.45) is 0 Å². The molecule has 196 valence electrons. The number of aliphatic hydroxyl groups excluding tert-OH is 1. The lowest BCUT2D eigenvalue weighted by Crippen LogP contribution is -2.43. The molecular weight excluding hydrogens is 512 g/mol. The Bertz CT molecular complexity index is 1640. The minimum atomic E-state index is -0.622. The molecule has 0 aliphatic carbocycles. The summed E-state index contributed by atoms with van der Waals surface area (Å²) < 4.78 is 37.0. The number of ether oxygens (including phenoxy) is 1. The molecule has 2 atom stereocenters. The highest BCUT2D eigenvalue weighted by Gasteiger charge is 2.36. The van der Waals surface area contributed by atoms with Gasteiger partial charge in [0.1, 0.15) is 16.6 Å². The number of hydrogen-bond acceptors (Lipinski definition) is 10. The summed E-state index contributed by atoms with van der Waals surface area (Å²) in [7, 11) is 1.97. The molecular formula is C26H25F2N7O2S. The number of nitrogens with two attached hydrogens (primary N) is 1. The van der Waals surface area contributed by atoms with E-state index in [-0.39, 0.29) is 69.3 Å². The fourth-order valence-electron chi connectivity index (χ4n) is 5.80. The van der Waals surface area contributed by atoms with Crippen molar-refractivity contribution in [3.8, 4) is 17.3 Å². The van der Waals surface area contributed by atoms with Gasteiger partial charge in [-0.15, -0.1) is 11.3 Å². The first kappa shape index (κ1) is 24.8. The molecule has 2 aliphatic heterocycles. The Morgan fingerprint density at radius 3 is 2.84 bits per heavy atom. The second-order valence-electron chi connectivity index (χ2n) is 9.68. The van der Waals surface area contributed by atoms with Crippen molar-refractivity contribution in [2.75, 3.05) is 37.4 Å². The van der Waals surface area contributed by atoms with Gasteiger partial charge in [0.25, 0.3) is 0 Å². The van der Waals surface area contributed by atoms with Crippen molar-refractivity contribution >= 4 is 43.3 Å². The first-order valence-electron chi connectivity index (χ1n) is 12.3. The molecule has 1 aromatic carbocycles. The van der Waals surface area contributed by atoms with Gasteiger partial charge in [0.2, 0.25) is 5.95 Å². The molecule has 12 heteroatoms. The summed E-state index contributed by atoms with van der Waals surface area (Å²) in [4.78, 5) is 17.7. The van der Waals surface area contributed by atoms with Crippen molar-refractivity contribution in [1.29, 1.82) is 5.26 Å². The van der Waals surface area contributed by atoms with Gasteiger partial charge in [-0.3, -0.25) is 9.88 Å². The number of nitrogens with zero attached hydrogens (tertiary/aromatic N) is 6. The lowest BCUT2D eigenvalue weighted by molar-refractivity contribution is 0.135. The fraction of sp³-hybridized carbons (Fsp3) is 0.385. The van der Waals surface area contributed by atoms with Crippen molar-refractivity contribution in [1.82, 2.24) is 19.9 Å². The van der Waals surface area contributed by atoms with Crippen molar-refractivity contribution < 1.29 is 18.6 Å². The predicted octanol–water partition coefficient (Wildman–Crippen LogP) is 3.56. The van der Waals surface area contributed by atoms with Crippen LogP contribution in [0.25, 0.3) is 32.2 Å². The van der Waals surface area contributed by atoms with E-state index in [0.29, 0.717) is 30.0 Å². The summed E-state index contributed by atoms with van der Waals surface area (Å²) in [6.45, 7) is 3.78. The Kier molecular flexibility index (Phi) is 6.11. The number of nitrogen functional groups attached to an aromatic ring is 1. The second kappa shape index (κ2) is 9.36. The largest absolute Gasteiger partial charge is 0.395 e. The standard InChI is InChI=1S/C26H25F2N7O2S/c1-12-18(34(2)5-6-36)3-4-35(12)26-32-8-14-15-10-37-11-16(15)19(21(28)22(14)33-26)23-20-13(7-29)25(30)38-24(20)17(27)9-31-23/h8-9,12,18,36H,3-6,10-11,30H2,1-2H3/t12-,18-/m0/s1. The number of rotatable bonds is 5. The molecule has 5 heterocycles. The maximum atomic E-state index is 16.5. The van der Waals surface area contributed by atoms with E-state index in [4.69, 9.17) is 10.5 Å². The molecule has 1 fully saturated rings. The highest BCUT2D eigenvalue weighted by Crippen LogP contribution is 2.45. The van der Waals surface area contributed by atoms with Crippen LogP contribution >= 0.6 is 11.3 Å². The van der Waals surface area contributed by atoms with E-state index >= 15 is 4.39 Å². The van der Waals surface area contributed by atoms with Crippen LogP contribution in [0.15, 0.2) is 12.4 Å². The smallest absolute Gasteiger partial charge is 0.226 e. The molecule has 3 aromatic heterocycles. The number of thiophene rings is 1. The SMILES string of the molecule is C[C@H]1[C@@H](N(C)CCO)CCN1c1ncc2c3c(c(-c4ncc(F)c5sc(N)c(C#N)c45)c(F)c2n1)COC3. The third kappa shape index (κ3) is 3.61. The molecule has 0 spiro atoms. The van der Waals surface area contributed by atoms with E-state index in [1.54, 1.807) is 6.20 Å². The Labute approximate surface area is 221 Å². The summed E-state index contributed by atoms with van der Waals surface area (Å²) in [5, 5.41) is 20.0. The van der Waals surface area contributed by atoms with Crippen LogP contribution in [-0.4, -0.2) is 63.8 Å². The van der Waals surface area contributed by atoms with Gasteiger partial charge in [-0.1, -0.05) is 0 Å². The van der Waals surface area contributed by atoms with Crippen LogP contribution in [0.4, 0.5) is 19.7 Å². The maximum Gasteiger partial charge on any atom is 0.226 e. The summed E-state index contributed by atoms with van der Waals surface area (Å²) in [6, 6.07) is 2.27. The molecule has 0 bridgehead atoms. The van der Waals surface area contributed by atoms with E-state index in [1.807, 2.05) is 18.0 Å². The number of anilines is 2. The van der Waals surface area contributed by atoms with Crippen LogP contribution in [0, 0.1) is 23.0 Å². The zero-order chi connectivity index (χ0) is 26.7. The monoisotopic (exact) mass is 537 g/mol. The van der Waals surface area contributed by atoms with E-state index in [2.05, 4.69) is 26.8 Å². The lowest BCUT2D eigenvalue weighted by atomic mass is 9.94. The van der Waals surface area contributed by atoms with Gasteiger partial charge in [0.15, 0.2) is 11.6 Å². The van der Waals surface area contributed by atoms with E-state index < -0.39 is 11.6 Å². The van der Waals surface area contributed by atoms with Crippen LogP contribution in [0.3, 0.4) is 0 Å². The molecule has 3 N–H and O–H groups in total. The molecule has 9 nitrogen and oxygen atoms in total. The molecule has 0 unspecified atom stereocenters. The van der Waals surface area contributed by atoms with Gasteiger partial charge in [-0.25, -0.2) is 18.7 Å². The first-order valence-corrected chi connectivity index (χ1v) is 13.1. The minimum Gasteiger partial charge on any atom is -0.395 e. The summed E-state index contributed by atoms with van der Waals surface area (Å²) >= 11 is 0.942. The van der Waals surface area contributed by atoms with Crippen LogP contribution in [-0.2, 0) is 18.0 Å². The van der Waals surface area contributed by atoms with Crippen LogP contribution in [0.1, 0.15) is 30.0 Å². The molecule has 6 rings (SSSR count). The van der Waals surface area contributed by atoms with Crippen molar-refractivity contribution in [3.05, 3.63) is 40.7 Å². The number of aromatic nitrogens is 3. The molecule has 0 saturated carbocycles. The highest BCUT2D eigenvalue weighted by atomic mass is 32.1. The molecule has 2 aliphatic rings. The zero-order valence-corrected chi connectivity index (χ0v) is 21.6. The van der Waals surface area contributed by atoms with Gasteiger partial charge in [0.05, 0.1) is 42.0 Å². The number of aliphatic hydroxyl groups is 1. The quantitative estimate of drug-likeness (QED) is 0.393. The first-order chi connectivity index (χ1) is 18.3. The number of halogens is 2. The molecule has 38 heavy (non-hydrogen) atoms. The van der Waals surface area contributed by atoms with Gasteiger partial charge in [0, 0.05) is 47.7 Å². The Morgan fingerprint density at radius 2 is 2.08 bits per heavy atom. The average Bonchev–Trinajstić information content (AvgIpc) is 3.62. The van der Waals surface area contributed by atoms with Gasteiger partial charge >= 0.3 is 0 Å². The summed E-state index contributed by atoms with van der Waals surface area (Å²) in [6.07, 6.45) is 3.52. The van der Waals surface area contributed by atoms with Crippen molar-refractivity contribution in [3.63, 3.8) is 0 Å². The fourth-order valence-corrected chi connectivity index (χ4v) is 6.72. The van der Waals surface area contributed by atoms with E-state index in [1.165, 1.54) is 0 Å². The molecule has 1 saturated heterocycles. The maximum absolute atomic E-state index is 16.5. The Hall–Kier alpha value is -3.50. The Morgan fingerprint density at radius 1 is 1.29 bits per heavy atom. The van der Waals surface area contributed by atoms with Gasteiger partial charge < -0.3 is 20.5 Å². The number of benzene rings is 1. The molecule has 4 aromatic rings. The highest BCUT2D eigenvalue weighted by molar-refractivity contribution is 7.23. The number of nitriles is 1. The normalized spacial score (nSPS) is 19.1. The van der Waals surface area contributed by atoms with Crippen LogP contribution < -0.4 is 10.6 Å². The number of hydrogen-bond donors (Lipinski definition) is 2. The lowest BCUT2D eigenvalue weighted by Gasteiger charge is -2.30.